The molecule has 2 rings (SSSR count). The molecule has 0 radical (unpaired) electrons. The summed E-state index contributed by atoms with van der Waals surface area (Å²) in [6.07, 6.45) is 3.19. The van der Waals surface area contributed by atoms with Crippen LogP contribution in [0.25, 0.3) is 0 Å². The molecule has 6 heteroatoms. The van der Waals surface area contributed by atoms with Crippen LogP contribution in [0, 0.1) is 12.8 Å². The summed E-state index contributed by atoms with van der Waals surface area (Å²) in [6.45, 7) is 4.76. The smallest absolute Gasteiger partial charge is 0.239 e. The third kappa shape index (κ3) is 4.06. The molecule has 0 aromatic carbocycles. The van der Waals surface area contributed by atoms with Gasteiger partial charge in [-0.3, -0.25) is 4.79 Å². The third-order valence-corrected chi connectivity index (χ3v) is 3.44. The fourth-order valence-corrected chi connectivity index (χ4v) is 2.17. The van der Waals surface area contributed by atoms with Crippen molar-refractivity contribution >= 4 is 23.3 Å². The Kier molecular flexibility index (Phi) is 4.58. The summed E-state index contributed by atoms with van der Waals surface area (Å²) < 4.78 is 0. The van der Waals surface area contributed by atoms with Gasteiger partial charge in [0.05, 0.1) is 6.54 Å². The average Bonchev–Trinajstić information content (AvgIpc) is 3.17. The Morgan fingerprint density at radius 2 is 2.16 bits per heavy atom. The molecule has 1 saturated carbocycles. The van der Waals surface area contributed by atoms with Crippen molar-refractivity contribution in [3.8, 4) is 0 Å². The van der Waals surface area contributed by atoms with Crippen LogP contribution in [0.15, 0.2) is 0 Å². The molecule has 104 valence electrons. The summed E-state index contributed by atoms with van der Waals surface area (Å²) in [5.74, 6) is 1.93. The van der Waals surface area contributed by atoms with Gasteiger partial charge in [0.15, 0.2) is 0 Å². The molecule has 1 aliphatic carbocycles. The molecule has 1 heterocycles. The second-order valence-electron chi connectivity index (χ2n) is 4.84. The molecule has 1 amide bonds. The van der Waals surface area contributed by atoms with Gasteiger partial charge in [0, 0.05) is 12.1 Å². The van der Waals surface area contributed by atoms with Crippen LogP contribution < -0.4 is 10.6 Å². The minimum Gasteiger partial charge on any atom is -0.361 e. The first kappa shape index (κ1) is 14.1. The second-order valence-corrected chi connectivity index (χ2v) is 5.20. The summed E-state index contributed by atoms with van der Waals surface area (Å²) in [6, 6.07) is 0. The third-order valence-electron chi connectivity index (χ3n) is 3.12. The van der Waals surface area contributed by atoms with Gasteiger partial charge in [-0.05, 0) is 32.1 Å². The van der Waals surface area contributed by atoms with Gasteiger partial charge in [-0.25, -0.2) is 9.97 Å². The van der Waals surface area contributed by atoms with Crippen LogP contribution in [0.5, 0.6) is 0 Å². The Morgan fingerprint density at radius 1 is 1.42 bits per heavy atom. The van der Waals surface area contributed by atoms with E-state index in [1.807, 2.05) is 6.92 Å². The second kappa shape index (κ2) is 6.19. The lowest BCUT2D eigenvalue weighted by molar-refractivity contribution is -0.119. The summed E-state index contributed by atoms with van der Waals surface area (Å²) in [5, 5.41) is 6.40. The number of nitrogens with zero attached hydrogens (tertiary/aromatic N) is 2. The van der Waals surface area contributed by atoms with Crippen LogP contribution in [0.3, 0.4) is 0 Å². The molecule has 1 aliphatic rings. The van der Waals surface area contributed by atoms with E-state index in [1.54, 1.807) is 6.92 Å². The van der Waals surface area contributed by atoms with Crippen molar-refractivity contribution in [1.29, 1.82) is 0 Å². The molecule has 5 nitrogen and oxygen atoms in total. The monoisotopic (exact) mass is 282 g/mol. The Labute approximate surface area is 118 Å². The Hall–Kier alpha value is -1.36. The maximum absolute atomic E-state index is 11.7. The number of hydrogen-bond donors (Lipinski definition) is 2. The number of anilines is 1. The van der Waals surface area contributed by atoms with Crippen LogP contribution in [0.4, 0.5) is 5.82 Å². The molecule has 0 saturated heterocycles. The van der Waals surface area contributed by atoms with Crippen LogP contribution >= 0.6 is 11.6 Å². The van der Waals surface area contributed by atoms with E-state index in [0.29, 0.717) is 22.7 Å². The maximum Gasteiger partial charge on any atom is 0.239 e. The molecule has 0 atom stereocenters. The van der Waals surface area contributed by atoms with Crippen molar-refractivity contribution in [1.82, 2.24) is 15.3 Å². The predicted octanol–water partition coefficient (Wildman–Crippen LogP) is 1.94. The predicted molar refractivity (Wildman–Crippen MR) is 75.4 cm³/mol. The Balaban J connectivity index is 1.92. The summed E-state index contributed by atoms with van der Waals surface area (Å²) in [7, 11) is 0. The molecular weight excluding hydrogens is 264 g/mol. The van der Waals surface area contributed by atoms with Crippen molar-refractivity contribution in [2.45, 2.75) is 33.1 Å². The zero-order valence-corrected chi connectivity index (χ0v) is 12.0. The van der Waals surface area contributed by atoms with Crippen LogP contribution in [-0.2, 0) is 11.2 Å². The number of rotatable bonds is 6. The van der Waals surface area contributed by atoms with Crippen LogP contribution in [-0.4, -0.2) is 29.0 Å². The van der Waals surface area contributed by atoms with Gasteiger partial charge in [-0.1, -0.05) is 18.5 Å². The number of aryl methyl sites for hydroxylation is 1. The summed E-state index contributed by atoms with van der Waals surface area (Å²) >= 11 is 6.07. The average molecular weight is 283 g/mol. The lowest BCUT2D eigenvalue weighted by Gasteiger charge is -2.11. The number of amides is 1. The van der Waals surface area contributed by atoms with Gasteiger partial charge >= 0.3 is 0 Å². The Morgan fingerprint density at radius 3 is 2.79 bits per heavy atom. The number of carbonyl (C=O) groups excluding carboxylic acids is 1. The number of carbonyl (C=O) groups is 1. The van der Waals surface area contributed by atoms with Crippen molar-refractivity contribution in [2.75, 3.05) is 18.4 Å². The first-order valence-electron chi connectivity index (χ1n) is 6.63. The lowest BCUT2D eigenvalue weighted by atomic mass is 10.2. The van der Waals surface area contributed by atoms with E-state index in [-0.39, 0.29) is 12.5 Å². The number of halogens is 1. The summed E-state index contributed by atoms with van der Waals surface area (Å²) in [4.78, 5) is 20.1. The Bertz CT molecular complexity index is 474. The number of aromatic nitrogens is 2. The van der Waals surface area contributed by atoms with Crippen molar-refractivity contribution in [3.05, 3.63) is 16.5 Å². The standard InChI is InChI=1S/C13H19ClN4O/c1-3-10-12(14)17-8(2)18-13(10)16-7-11(19)15-6-9-4-5-9/h9H,3-7H2,1-2H3,(H,15,19)(H,16,17,18). The van der Waals surface area contributed by atoms with E-state index >= 15 is 0 Å². The lowest BCUT2D eigenvalue weighted by Crippen LogP contribution is -2.31. The highest BCUT2D eigenvalue weighted by molar-refractivity contribution is 6.30. The van der Waals surface area contributed by atoms with E-state index in [2.05, 4.69) is 20.6 Å². The topological polar surface area (TPSA) is 66.9 Å². The molecule has 0 unspecified atom stereocenters. The minimum atomic E-state index is -0.0126. The SMILES string of the molecule is CCc1c(Cl)nc(C)nc1NCC(=O)NCC1CC1. The highest BCUT2D eigenvalue weighted by Gasteiger charge is 2.21. The van der Waals surface area contributed by atoms with E-state index in [0.717, 1.165) is 18.5 Å². The zero-order chi connectivity index (χ0) is 13.8. The van der Waals surface area contributed by atoms with Crippen LogP contribution in [0.2, 0.25) is 5.15 Å². The van der Waals surface area contributed by atoms with Gasteiger partial charge in [0.25, 0.3) is 0 Å². The highest BCUT2D eigenvalue weighted by Crippen LogP contribution is 2.27. The molecule has 2 N–H and O–H groups in total. The van der Waals surface area contributed by atoms with Crippen molar-refractivity contribution in [3.63, 3.8) is 0 Å². The molecule has 19 heavy (non-hydrogen) atoms. The largest absolute Gasteiger partial charge is 0.361 e. The molecular formula is C13H19ClN4O. The normalized spacial score (nSPS) is 14.3. The molecule has 0 aliphatic heterocycles. The quantitative estimate of drug-likeness (QED) is 0.783. The van der Waals surface area contributed by atoms with Gasteiger partial charge in [0.1, 0.15) is 16.8 Å². The van der Waals surface area contributed by atoms with Gasteiger partial charge in [-0.15, -0.1) is 0 Å². The van der Waals surface area contributed by atoms with Gasteiger partial charge < -0.3 is 10.6 Å². The molecule has 1 aromatic rings. The molecule has 0 spiro atoms. The van der Waals surface area contributed by atoms with Gasteiger partial charge in [0.2, 0.25) is 5.91 Å². The molecule has 0 bridgehead atoms. The number of nitrogens with one attached hydrogen (secondary N) is 2. The van der Waals surface area contributed by atoms with Crippen molar-refractivity contribution in [2.24, 2.45) is 5.92 Å². The molecule has 1 aromatic heterocycles. The van der Waals surface area contributed by atoms with Gasteiger partial charge in [-0.2, -0.15) is 0 Å². The first-order valence-corrected chi connectivity index (χ1v) is 7.01. The summed E-state index contributed by atoms with van der Waals surface area (Å²) in [5.41, 5.74) is 0.849. The van der Waals surface area contributed by atoms with E-state index in [9.17, 15) is 4.79 Å². The fraction of sp³-hybridized carbons (Fsp3) is 0.615. The molecule has 1 fully saturated rings. The minimum absolute atomic E-state index is 0.0126. The van der Waals surface area contributed by atoms with E-state index in [1.165, 1.54) is 12.8 Å². The first-order chi connectivity index (χ1) is 9.10. The van der Waals surface area contributed by atoms with E-state index < -0.39 is 0 Å². The number of hydrogen-bond acceptors (Lipinski definition) is 4. The van der Waals surface area contributed by atoms with E-state index in [4.69, 9.17) is 11.6 Å². The maximum atomic E-state index is 11.7. The fourth-order valence-electron chi connectivity index (χ4n) is 1.83. The highest BCUT2D eigenvalue weighted by atomic mass is 35.5. The van der Waals surface area contributed by atoms with Crippen molar-refractivity contribution < 1.29 is 4.79 Å². The zero-order valence-electron chi connectivity index (χ0n) is 11.3. The van der Waals surface area contributed by atoms with Crippen LogP contribution in [0.1, 0.15) is 31.2 Å².